The van der Waals surface area contributed by atoms with Gasteiger partial charge in [-0.3, -0.25) is 4.79 Å². The van der Waals surface area contributed by atoms with Crippen molar-refractivity contribution in [2.45, 2.75) is 33.2 Å². The fourth-order valence-corrected chi connectivity index (χ4v) is 2.68. The maximum absolute atomic E-state index is 12.5. The van der Waals surface area contributed by atoms with Gasteiger partial charge in [0.25, 0.3) is 0 Å². The summed E-state index contributed by atoms with van der Waals surface area (Å²) in [5.74, 6) is 0.819. The number of benzene rings is 1. The maximum atomic E-state index is 12.5. The van der Waals surface area contributed by atoms with Crippen LogP contribution in [0.1, 0.15) is 27.2 Å². The third-order valence-electron chi connectivity index (χ3n) is 4.29. The Morgan fingerprint density at radius 1 is 1.43 bits per heavy atom. The van der Waals surface area contributed by atoms with Crippen LogP contribution in [0.5, 0.6) is 5.75 Å². The van der Waals surface area contributed by atoms with Crippen molar-refractivity contribution in [2.24, 2.45) is 17.1 Å². The van der Waals surface area contributed by atoms with Crippen molar-refractivity contribution in [2.75, 3.05) is 19.7 Å². The average Bonchev–Trinajstić information content (AvgIpc) is 2.48. The summed E-state index contributed by atoms with van der Waals surface area (Å²) in [5, 5.41) is 0. The van der Waals surface area contributed by atoms with Crippen molar-refractivity contribution in [3.05, 3.63) is 30.3 Å². The normalized spacial score (nSPS) is 22.7. The topological polar surface area (TPSA) is 55.6 Å². The molecule has 116 valence electrons. The highest BCUT2D eigenvalue weighted by Crippen LogP contribution is 2.28. The van der Waals surface area contributed by atoms with Gasteiger partial charge in [0.15, 0.2) is 0 Å². The number of nitrogens with zero attached hydrogens (tertiary/aromatic N) is 1. The second-order valence-corrected chi connectivity index (χ2v) is 6.67. The Kier molecular flexibility index (Phi) is 4.88. The molecule has 1 aromatic rings. The number of carbonyl (C=O) groups is 1. The standard InChI is InChI=1S/C17H26N2O2/c1-13(11-21-14-7-5-4-6-8-14)16(20)19-10-9-15(18)17(2,3)12-19/h4-8,13,15H,9-12,18H2,1-3H3. The monoisotopic (exact) mass is 290 g/mol. The Morgan fingerprint density at radius 3 is 2.71 bits per heavy atom. The van der Waals surface area contributed by atoms with Crippen LogP contribution in [0.3, 0.4) is 0 Å². The number of para-hydroxylation sites is 1. The van der Waals surface area contributed by atoms with Crippen molar-refractivity contribution in [3.8, 4) is 5.75 Å². The molecule has 1 amide bonds. The molecule has 2 unspecified atom stereocenters. The largest absolute Gasteiger partial charge is 0.493 e. The SMILES string of the molecule is CC(COc1ccccc1)C(=O)N1CCC(N)C(C)(C)C1. The van der Waals surface area contributed by atoms with Gasteiger partial charge >= 0.3 is 0 Å². The van der Waals surface area contributed by atoms with E-state index in [0.29, 0.717) is 6.61 Å². The molecule has 21 heavy (non-hydrogen) atoms. The number of hydrogen-bond donors (Lipinski definition) is 1. The van der Waals surface area contributed by atoms with Crippen molar-refractivity contribution < 1.29 is 9.53 Å². The molecular formula is C17H26N2O2. The highest BCUT2D eigenvalue weighted by molar-refractivity contribution is 5.78. The molecule has 2 rings (SSSR count). The molecule has 1 heterocycles. The number of likely N-dealkylation sites (tertiary alicyclic amines) is 1. The molecule has 1 aliphatic heterocycles. The molecule has 0 aliphatic carbocycles. The zero-order valence-corrected chi connectivity index (χ0v) is 13.2. The van der Waals surface area contributed by atoms with Crippen LogP contribution in [-0.2, 0) is 4.79 Å². The zero-order chi connectivity index (χ0) is 15.5. The Bertz CT molecular complexity index is 473. The smallest absolute Gasteiger partial charge is 0.228 e. The Balaban J connectivity index is 1.88. The van der Waals surface area contributed by atoms with E-state index in [0.717, 1.165) is 25.3 Å². The predicted molar refractivity (Wildman–Crippen MR) is 84.1 cm³/mol. The number of rotatable bonds is 4. The molecule has 0 radical (unpaired) electrons. The van der Waals surface area contributed by atoms with E-state index in [9.17, 15) is 4.79 Å². The number of amides is 1. The molecule has 0 bridgehead atoms. The Hall–Kier alpha value is -1.55. The Morgan fingerprint density at radius 2 is 2.10 bits per heavy atom. The van der Waals surface area contributed by atoms with E-state index in [1.165, 1.54) is 0 Å². The minimum Gasteiger partial charge on any atom is -0.493 e. The molecule has 0 aromatic heterocycles. The maximum Gasteiger partial charge on any atom is 0.228 e. The lowest BCUT2D eigenvalue weighted by molar-refractivity contribution is -0.139. The van der Waals surface area contributed by atoms with Crippen LogP contribution >= 0.6 is 0 Å². The molecule has 4 nitrogen and oxygen atoms in total. The van der Waals surface area contributed by atoms with Gasteiger partial charge in [-0.2, -0.15) is 0 Å². The molecule has 0 saturated carbocycles. The Labute approximate surface area is 127 Å². The summed E-state index contributed by atoms with van der Waals surface area (Å²) in [5.41, 5.74) is 6.10. The van der Waals surface area contributed by atoms with Gasteiger partial charge in [-0.15, -0.1) is 0 Å². The highest BCUT2D eigenvalue weighted by Gasteiger charge is 2.36. The highest BCUT2D eigenvalue weighted by atomic mass is 16.5. The predicted octanol–water partition coefficient (Wildman–Crippen LogP) is 2.29. The van der Waals surface area contributed by atoms with E-state index >= 15 is 0 Å². The van der Waals surface area contributed by atoms with Crippen LogP contribution in [0.15, 0.2) is 30.3 Å². The zero-order valence-electron chi connectivity index (χ0n) is 13.2. The first-order valence-corrected chi connectivity index (χ1v) is 7.62. The summed E-state index contributed by atoms with van der Waals surface area (Å²) >= 11 is 0. The first-order chi connectivity index (χ1) is 9.90. The third kappa shape index (κ3) is 3.97. The summed E-state index contributed by atoms with van der Waals surface area (Å²) in [6.07, 6.45) is 0.866. The minimum absolute atomic E-state index is 0.0199. The second-order valence-electron chi connectivity index (χ2n) is 6.67. The van der Waals surface area contributed by atoms with Gasteiger partial charge in [0.1, 0.15) is 5.75 Å². The summed E-state index contributed by atoms with van der Waals surface area (Å²) in [7, 11) is 0. The van der Waals surface area contributed by atoms with Crippen molar-refractivity contribution in [1.29, 1.82) is 0 Å². The molecular weight excluding hydrogens is 264 g/mol. The molecule has 2 atom stereocenters. The molecule has 2 N–H and O–H groups in total. The molecule has 1 fully saturated rings. The summed E-state index contributed by atoms with van der Waals surface area (Å²) in [6, 6.07) is 9.77. The summed E-state index contributed by atoms with van der Waals surface area (Å²) in [6.45, 7) is 8.06. The van der Waals surface area contributed by atoms with E-state index in [4.69, 9.17) is 10.5 Å². The van der Waals surface area contributed by atoms with E-state index in [-0.39, 0.29) is 23.3 Å². The number of hydrogen-bond acceptors (Lipinski definition) is 3. The molecule has 1 aliphatic rings. The van der Waals surface area contributed by atoms with E-state index in [2.05, 4.69) is 13.8 Å². The van der Waals surface area contributed by atoms with Crippen molar-refractivity contribution in [1.82, 2.24) is 4.90 Å². The summed E-state index contributed by atoms with van der Waals surface area (Å²) in [4.78, 5) is 14.5. The van der Waals surface area contributed by atoms with Gasteiger partial charge in [0, 0.05) is 19.1 Å². The molecule has 1 saturated heterocycles. The van der Waals surface area contributed by atoms with Crippen LogP contribution in [0.25, 0.3) is 0 Å². The van der Waals surface area contributed by atoms with Crippen LogP contribution in [0.2, 0.25) is 0 Å². The van der Waals surface area contributed by atoms with E-state index in [1.807, 2.05) is 42.2 Å². The number of carbonyl (C=O) groups excluding carboxylic acids is 1. The third-order valence-corrected chi connectivity index (χ3v) is 4.29. The molecule has 1 aromatic carbocycles. The lowest BCUT2D eigenvalue weighted by Crippen LogP contribution is -2.55. The van der Waals surface area contributed by atoms with Gasteiger partial charge in [-0.1, -0.05) is 39.0 Å². The van der Waals surface area contributed by atoms with Gasteiger partial charge in [-0.05, 0) is 24.0 Å². The van der Waals surface area contributed by atoms with E-state index in [1.54, 1.807) is 0 Å². The van der Waals surface area contributed by atoms with E-state index < -0.39 is 0 Å². The fourth-order valence-electron chi connectivity index (χ4n) is 2.68. The minimum atomic E-state index is -0.143. The van der Waals surface area contributed by atoms with Gasteiger partial charge in [0.05, 0.1) is 12.5 Å². The van der Waals surface area contributed by atoms with Crippen LogP contribution < -0.4 is 10.5 Å². The second kappa shape index (κ2) is 6.48. The number of ether oxygens (including phenoxy) is 1. The van der Waals surface area contributed by atoms with Crippen LogP contribution in [0.4, 0.5) is 0 Å². The number of piperidine rings is 1. The van der Waals surface area contributed by atoms with Crippen molar-refractivity contribution >= 4 is 5.91 Å². The van der Waals surface area contributed by atoms with Gasteiger partial charge in [0.2, 0.25) is 5.91 Å². The summed E-state index contributed by atoms with van der Waals surface area (Å²) < 4.78 is 5.68. The van der Waals surface area contributed by atoms with Crippen LogP contribution in [0, 0.1) is 11.3 Å². The van der Waals surface area contributed by atoms with Crippen molar-refractivity contribution in [3.63, 3.8) is 0 Å². The average molecular weight is 290 g/mol. The first-order valence-electron chi connectivity index (χ1n) is 7.62. The first kappa shape index (κ1) is 15.8. The van der Waals surface area contributed by atoms with Gasteiger partial charge in [-0.25, -0.2) is 0 Å². The quantitative estimate of drug-likeness (QED) is 0.925. The lowest BCUT2D eigenvalue weighted by Gasteiger charge is -2.43. The number of nitrogens with two attached hydrogens (primary N) is 1. The fraction of sp³-hybridized carbons (Fsp3) is 0.588. The van der Waals surface area contributed by atoms with Gasteiger partial charge < -0.3 is 15.4 Å². The van der Waals surface area contributed by atoms with Crippen LogP contribution in [-0.4, -0.2) is 36.5 Å². The molecule has 0 spiro atoms. The lowest BCUT2D eigenvalue weighted by atomic mass is 9.79. The molecule has 4 heteroatoms.